The fourth-order valence-electron chi connectivity index (χ4n) is 5.57. The molecule has 0 aliphatic carbocycles. The quantitative estimate of drug-likeness (QED) is 0.220. The molecule has 0 bridgehead atoms. The van der Waals surface area contributed by atoms with Gasteiger partial charge in [0.25, 0.3) is 0 Å². The van der Waals surface area contributed by atoms with Crippen molar-refractivity contribution in [3.8, 4) is 28.3 Å². The zero-order valence-electron chi connectivity index (χ0n) is 23.2. The molecule has 0 saturated carbocycles. The highest BCUT2D eigenvalue weighted by molar-refractivity contribution is 5.80. The minimum atomic E-state index is -0.222. The molecule has 7 aromatic rings. The first-order chi connectivity index (χ1) is 21.3. The number of hydrogen-bond acceptors (Lipinski definition) is 5. The Balaban J connectivity index is 1.14. The molecule has 0 radical (unpaired) electrons. The molecule has 2 heterocycles. The van der Waals surface area contributed by atoms with E-state index in [1.807, 2.05) is 54.6 Å². The van der Waals surface area contributed by atoms with Gasteiger partial charge in [-0.2, -0.15) is 0 Å². The maximum Gasteiger partial charge on any atom is 0.227 e. The van der Waals surface area contributed by atoms with Gasteiger partial charge in [-0.15, -0.1) is 0 Å². The highest BCUT2D eigenvalue weighted by Crippen LogP contribution is 2.40. The summed E-state index contributed by atoms with van der Waals surface area (Å²) in [6, 6.07) is 51.9. The van der Waals surface area contributed by atoms with E-state index in [0.29, 0.717) is 5.89 Å². The topological polar surface area (TPSA) is 50.5 Å². The summed E-state index contributed by atoms with van der Waals surface area (Å²) < 4.78 is 12.2. The Morgan fingerprint density at radius 3 is 1.81 bits per heavy atom. The third-order valence-corrected chi connectivity index (χ3v) is 7.77. The van der Waals surface area contributed by atoms with Crippen LogP contribution in [-0.2, 0) is 0 Å². The largest absolute Gasteiger partial charge is 0.464 e. The highest BCUT2D eigenvalue weighted by atomic mass is 16.5. The van der Waals surface area contributed by atoms with Crippen LogP contribution in [0.3, 0.4) is 0 Å². The van der Waals surface area contributed by atoms with Crippen LogP contribution in [0.4, 0.5) is 22.7 Å². The summed E-state index contributed by atoms with van der Waals surface area (Å²) in [5.74, 6) is 1.48. The summed E-state index contributed by atoms with van der Waals surface area (Å²) in [6.07, 6.45) is -0.222. The summed E-state index contributed by atoms with van der Waals surface area (Å²) in [5, 5.41) is 3.47. The van der Waals surface area contributed by atoms with Crippen LogP contribution < -0.4 is 15.0 Å². The average Bonchev–Trinajstić information content (AvgIpc) is 3.71. The van der Waals surface area contributed by atoms with Gasteiger partial charge >= 0.3 is 0 Å². The van der Waals surface area contributed by atoms with Gasteiger partial charge in [0.2, 0.25) is 5.89 Å². The number of anilines is 4. The first-order valence-corrected chi connectivity index (χ1v) is 14.3. The fourth-order valence-corrected chi connectivity index (χ4v) is 5.57. The second-order valence-corrected chi connectivity index (χ2v) is 10.5. The Hall–Kier alpha value is -5.81. The summed E-state index contributed by atoms with van der Waals surface area (Å²) in [6.45, 7) is 0. The van der Waals surface area contributed by atoms with Gasteiger partial charge in [0, 0.05) is 28.2 Å². The SMILES string of the molecule is c1ccc(-c2ccc(N(c3ccc(-c4nc5ccccc5o4)cc3)c3ccc(C4Nc5ccccc5O4)cc3)cc2)cc1. The van der Waals surface area contributed by atoms with E-state index in [1.165, 1.54) is 11.1 Å². The van der Waals surface area contributed by atoms with Crippen molar-refractivity contribution in [2.45, 2.75) is 6.23 Å². The summed E-state index contributed by atoms with van der Waals surface area (Å²) >= 11 is 0. The molecule has 1 N–H and O–H groups in total. The highest BCUT2D eigenvalue weighted by Gasteiger charge is 2.23. The zero-order valence-corrected chi connectivity index (χ0v) is 23.2. The van der Waals surface area contributed by atoms with E-state index in [0.717, 1.165) is 50.7 Å². The van der Waals surface area contributed by atoms with Gasteiger partial charge in [-0.05, 0) is 83.9 Å². The molecule has 0 spiro atoms. The van der Waals surface area contributed by atoms with Crippen molar-refractivity contribution in [3.63, 3.8) is 0 Å². The van der Waals surface area contributed by atoms with Gasteiger partial charge in [-0.3, -0.25) is 0 Å². The van der Waals surface area contributed by atoms with E-state index < -0.39 is 0 Å². The van der Waals surface area contributed by atoms with Crippen molar-refractivity contribution in [1.29, 1.82) is 0 Å². The molecule has 43 heavy (non-hydrogen) atoms. The second kappa shape index (κ2) is 10.5. The maximum absolute atomic E-state index is 6.16. The minimum absolute atomic E-state index is 0.222. The van der Waals surface area contributed by atoms with Crippen LogP contribution in [0.15, 0.2) is 156 Å². The van der Waals surface area contributed by atoms with Crippen LogP contribution in [-0.4, -0.2) is 4.98 Å². The Labute approximate surface area is 249 Å². The van der Waals surface area contributed by atoms with Gasteiger partial charge in [-0.25, -0.2) is 4.98 Å². The summed E-state index contributed by atoms with van der Waals surface area (Å²) in [4.78, 5) is 6.93. The summed E-state index contributed by atoms with van der Waals surface area (Å²) in [7, 11) is 0. The Kier molecular flexibility index (Phi) is 6.12. The molecule has 5 nitrogen and oxygen atoms in total. The second-order valence-electron chi connectivity index (χ2n) is 10.5. The number of nitrogens with one attached hydrogen (secondary N) is 1. The number of para-hydroxylation sites is 4. The Morgan fingerprint density at radius 2 is 1.12 bits per heavy atom. The zero-order chi connectivity index (χ0) is 28.6. The molecule has 1 aliphatic rings. The predicted molar refractivity (Wildman–Crippen MR) is 173 cm³/mol. The van der Waals surface area contributed by atoms with Crippen molar-refractivity contribution < 1.29 is 9.15 Å². The number of rotatable bonds is 6. The number of fused-ring (bicyclic) bond motifs is 2. The van der Waals surface area contributed by atoms with Crippen LogP contribution in [0.2, 0.25) is 0 Å². The molecule has 0 amide bonds. The van der Waals surface area contributed by atoms with E-state index in [1.54, 1.807) is 0 Å². The monoisotopic (exact) mass is 557 g/mol. The van der Waals surface area contributed by atoms with Gasteiger partial charge in [0.05, 0.1) is 5.69 Å². The maximum atomic E-state index is 6.16. The van der Waals surface area contributed by atoms with Crippen molar-refractivity contribution in [3.05, 3.63) is 157 Å². The van der Waals surface area contributed by atoms with Crippen molar-refractivity contribution in [2.75, 3.05) is 10.2 Å². The number of oxazole rings is 1. The first-order valence-electron chi connectivity index (χ1n) is 14.3. The van der Waals surface area contributed by atoms with E-state index in [2.05, 4.69) is 112 Å². The molecule has 1 atom stereocenters. The van der Waals surface area contributed by atoms with Crippen LogP contribution in [0, 0.1) is 0 Å². The standard InChI is InChI=1S/C38H27N3O2/c1-2-8-26(9-3-1)27-14-20-30(21-15-27)41(31-22-16-28(17-23-31)37-39-33-10-4-6-12-35(33)42-37)32-24-18-29(19-25-32)38-40-34-11-5-7-13-36(34)43-38/h1-25,37,39H. The predicted octanol–water partition coefficient (Wildman–Crippen LogP) is 10.1. The lowest BCUT2D eigenvalue weighted by Crippen LogP contribution is -2.12. The van der Waals surface area contributed by atoms with Crippen LogP contribution in [0.5, 0.6) is 5.75 Å². The molecule has 1 unspecified atom stereocenters. The van der Waals surface area contributed by atoms with Crippen molar-refractivity contribution >= 4 is 33.8 Å². The molecule has 1 aliphatic heterocycles. The normalized spacial score (nSPS) is 13.7. The van der Waals surface area contributed by atoms with Gasteiger partial charge in [-0.1, -0.05) is 78.9 Å². The van der Waals surface area contributed by atoms with E-state index in [9.17, 15) is 0 Å². The van der Waals surface area contributed by atoms with Crippen molar-refractivity contribution in [2.24, 2.45) is 0 Å². The van der Waals surface area contributed by atoms with E-state index >= 15 is 0 Å². The smallest absolute Gasteiger partial charge is 0.227 e. The van der Waals surface area contributed by atoms with E-state index in [-0.39, 0.29) is 6.23 Å². The van der Waals surface area contributed by atoms with Crippen LogP contribution in [0.1, 0.15) is 11.8 Å². The molecule has 0 fully saturated rings. The first kappa shape index (κ1) is 24.9. The lowest BCUT2D eigenvalue weighted by molar-refractivity contribution is 0.260. The molecular formula is C38H27N3O2. The Morgan fingerprint density at radius 1 is 0.535 bits per heavy atom. The molecule has 206 valence electrons. The number of hydrogen-bond donors (Lipinski definition) is 1. The molecule has 1 aromatic heterocycles. The number of ether oxygens (including phenoxy) is 1. The van der Waals surface area contributed by atoms with Gasteiger partial charge < -0.3 is 19.4 Å². The van der Waals surface area contributed by atoms with Crippen LogP contribution >= 0.6 is 0 Å². The molecule has 0 saturated heterocycles. The molecular weight excluding hydrogens is 530 g/mol. The molecule has 8 rings (SSSR count). The number of nitrogens with zero attached hydrogens (tertiary/aromatic N) is 2. The minimum Gasteiger partial charge on any atom is -0.464 e. The lowest BCUT2D eigenvalue weighted by Gasteiger charge is -2.26. The van der Waals surface area contributed by atoms with Crippen molar-refractivity contribution in [1.82, 2.24) is 4.98 Å². The lowest BCUT2D eigenvalue weighted by atomic mass is 10.0. The van der Waals surface area contributed by atoms with Gasteiger partial charge in [0.1, 0.15) is 11.3 Å². The van der Waals surface area contributed by atoms with E-state index in [4.69, 9.17) is 9.15 Å². The summed E-state index contributed by atoms with van der Waals surface area (Å²) in [5.41, 5.74) is 10.1. The number of benzene rings is 6. The third kappa shape index (κ3) is 4.77. The molecule has 6 aromatic carbocycles. The Bertz CT molecular complexity index is 1960. The number of aromatic nitrogens is 1. The fraction of sp³-hybridized carbons (Fsp3) is 0.0263. The third-order valence-electron chi connectivity index (χ3n) is 7.77. The average molecular weight is 558 g/mol. The molecule has 5 heteroatoms. The van der Waals surface area contributed by atoms with Crippen LogP contribution in [0.25, 0.3) is 33.7 Å². The van der Waals surface area contributed by atoms with Gasteiger partial charge in [0.15, 0.2) is 11.8 Å².